The van der Waals surface area contributed by atoms with Gasteiger partial charge in [-0.15, -0.1) is 0 Å². The van der Waals surface area contributed by atoms with Gasteiger partial charge in [-0.25, -0.2) is 9.59 Å². The van der Waals surface area contributed by atoms with E-state index < -0.39 is 23.7 Å². The van der Waals surface area contributed by atoms with Crippen LogP contribution >= 0.6 is 0 Å². The third kappa shape index (κ3) is 3.87. The number of hydrogen-bond donors (Lipinski definition) is 2. The third-order valence-electron chi connectivity index (χ3n) is 6.95. The van der Waals surface area contributed by atoms with Gasteiger partial charge in [0.15, 0.2) is 0 Å². The average Bonchev–Trinajstić information content (AvgIpc) is 3.38. The predicted molar refractivity (Wildman–Crippen MR) is 116 cm³/mol. The normalized spacial score (nSPS) is 25.2. The van der Waals surface area contributed by atoms with Crippen LogP contribution in [0.3, 0.4) is 0 Å². The van der Waals surface area contributed by atoms with E-state index >= 15 is 0 Å². The van der Waals surface area contributed by atoms with Gasteiger partial charge in [-0.2, -0.15) is 0 Å². The number of nitrogens with one attached hydrogen (secondary N) is 1. The van der Waals surface area contributed by atoms with Crippen LogP contribution in [0.15, 0.2) is 48.5 Å². The molecule has 0 saturated carbocycles. The van der Waals surface area contributed by atoms with Crippen molar-refractivity contribution in [2.75, 3.05) is 26.4 Å². The minimum Gasteiger partial charge on any atom is -0.480 e. The van der Waals surface area contributed by atoms with Crippen molar-refractivity contribution < 1.29 is 28.9 Å². The summed E-state index contributed by atoms with van der Waals surface area (Å²) in [6.45, 7) is 1.70. The van der Waals surface area contributed by atoms with Crippen molar-refractivity contribution in [3.8, 4) is 11.1 Å². The molecule has 2 saturated heterocycles. The first-order valence-electron chi connectivity index (χ1n) is 11.1. The van der Waals surface area contributed by atoms with Crippen molar-refractivity contribution >= 4 is 12.1 Å². The van der Waals surface area contributed by atoms with E-state index in [1.807, 2.05) is 36.4 Å². The molecule has 1 amide bonds. The third-order valence-corrected chi connectivity index (χ3v) is 6.95. The van der Waals surface area contributed by atoms with Crippen LogP contribution in [0.25, 0.3) is 11.1 Å². The van der Waals surface area contributed by atoms with E-state index in [9.17, 15) is 14.7 Å². The molecule has 0 radical (unpaired) electrons. The Morgan fingerprint density at radius 1 is 1.09 bits per heavy atom. The predicted octanol–water partition coefficient (Wildman–Crippen LogP) is 3.56. The smallest absolute Gasteiger partial charge is 0.407 e. The summed E-state index contributed by atoms with van der Waals surface area (Å²) in [5.41, 5.74) is 4.09. The lowest BCUT2D eigenvalue weighted by Crippen LogP contribution is -2.52. The Morgan fingerprint density at radius 2 is 1.78 bits per heavy atom. The number of carboxylic acids is 1. The van der Waals surface area contributed by atoms with Crippen LogP contribution in [0.2, 0.25) is 0 Å². The fraction of sp³-hybridized carbons (Fsp3) is 0.440. The molecule has 3 atom stereocenters. The zero-order chi connectivity index (χ0) is 22.1. The number of rotatable bonds is 5. The van der Waals surface area contributed by atoms with Crippen molar-refractivity contribution in [1.82, 2.24) is 5.32 Å². The second-order valence-corrected chi connectivity index (χ2v) is 8.87. The highest BCUT2D eigenvalue weighted by molar-refractivity contribution is 5.81. The van der Waals surface area contributed by atoms with Crippen LogP contribution in [0.5, 0.6) is 0 Å². The Morgan fingerprint density at radius 3 is 2.41 bits per heavy atom. The molecule has 0 bridgehead atoms. The zero-order valence-corrected chi connectivity index (χ0v) is 17.8. The molecule has 0 aromatic heterocycles. The molecule has 5 rings (SSSR count). The van der Waals surface area contributed by atoms with Gasteiger partial charge in [0.25, 0.3) is 0 Å². The van der Waals surface area contributed by atoms with Crippen molar-refractivity contribution in [1.29, 1.82) is 0 Å². The Bertz CT molecular complexity index is 969. The molecule has 2 heterocycles. The SMILES string of the molecule is O=C(NC(C(=O)O)C1CCOC2(CCOC2)C1)OCC1c2ccccc2-c2ccccc21. The topological polar surface area (TPSA) is 94.1 Å². The second kappa shape index (κ2) is 8.56. The van der Waals surface area contributed by atoms with E-state index in [0.29, 0.717) is 32.7 Å². The maximum absolute atomic E-state index is 12.6. The Hall–Kier alpha value is -2.90. The van der Waals surface area contributed by atoms with Crippen molar-refractivity contribution in [3.05, 3.63) is 59.7 Å². The van der Waals surface area contributed by atoms with Gasteiger partial charge in [0.05, 0.1) is 12.2 Å². The molecule has 3 unspecified atom stereocenters. The lowest BCUT2D eigenvalue weighted by atomic mass is 9.81. The molecule has 2 N–H and O–H groups in total. The summed E-state index contributed by atoms with van der Waals surface area (Å²) in [7, 11) is 0. The maximum atomic E-state index is 12.6. The molecule has 7 nitrogen and oxygen atoms in total. The lowest BCUT2D eigenvalue weighted by Gasteiger charge is -2.39. The summed E-state index contributed by atoms with van der Waals surface area (Å²) in [5, 5.41) is 12.4. The van der Waals surface area contributed by atoms with E-state index in [-0.39, 0.29) is 18.4 Å². The summed E-state index contributed by atoms with van der Waals surface area (Å²) >= 11 is 0. The van der Waals surface area contributed by atoms with E-state index in [1.54, 1.807) is 0 Å². The number of carbonyl (C=O) groups is 2. The van der Waals surface area contributed by atoms with Gasteiger partial charge in [0, 0.05) is 25.6 Å². The van der Waals surface area contributed by atoms with Crippen molar-refractivity contribution in [2.45, 2.75) is 36.8 Å². The summed E-state index contributed by atoms with van der Waals surface area (Å²) in [6, 6.07) is 15.2. The summed E-state index contributed by atoms with van der Waals surface area (Å²) < 4.78 is 16.9. The minimum atomic E-state index is -1.06. The molecule has 2 aliphatic heterocycles. The second-order valence-electron chi connectivity index (χ2n) is 8.87. The number of carbonyl (C=O) groups excluding carboxylic acids is 1. The molecule has 2 fully saturated rings. The van der Waals surface area contributed by atoms with Gasteiger partial charge < -0.3 is 24.6 Å². The van der Waals surface area contributed by atoms with Crippen LogP contribution < -0.4 is 5.32 Å². The van der Waals surface area contributed by atoms with Crippen LogP contribution in [0.4, 0.5) is 4.79 Å². The van der Waals surface area contributed by atoms with Gasteiger partial charge >= 0.3 is 12.1 Å². The first-order chi connectivity index (χ1) is 15.6. The standard InChI is InChI=1S/C25H27NO6/c27-23(28)22(16-9-11-32-25(13-16)10-12-30-15-25)26-24(29)31-14-21-19-7-3-1-5-17(19)18-6-2-4-8-20(18)21/h1-8,16,21-22H,9-15H2,(H,26,29)(H,27,28). The molecule has 1 spiro atoms. The first kappa shape index (κ1) is 21.0. The highest BCUT2D eigenvalue weighted by atomic mass is 16.6. The number of aliphatic carboxylic acids is 1. The summed E-state index contributed by atoms with van der Waals surface area (Å²) in [4.78, 5) is 24.6. The summed E-state index contributed by atoms with van der Waals surface area (Å²) in [5.74, 6) is -1.36. The Kier molecular flexibility index (Phi) is 5.61. The number of benzene rings is 2. The first-order valence-corrected chi connectivity index (χ1v) is 11.1. The number of alkyl carbamates (subject to hydrolysis) is 1. The van der Waals surface area contributed by atoms with E-state index in [1.165, 1.54) is 0 Å². The molecule has 32 heavy (non-hydrogen) atoms. The molecule has 1 aliphatic carbocycles. The quantitative estimate of drug-likeness (QED) is 0.743. The van der Waals surface area contributed by atoms with Gasteiger partial charge in [-0.05, 0) is 41.0 Å². The number of amides is 1. The lowest BCUT2D eigenvalue weighted by molar-refractivity contribution is -0.146. The molecular weight excluding hydrogens is 410 g/mol. The minimum absolute atomic E-state index is 0.0709. The van der Waals surface area contributed by atoms with Crippen LogP contribution in [0.1, 0.15) is 36.3 Å². The van der Waals surface area contributed by atoms with Gasteiger partial charge in [0.1, 0.15) is 12.6 Å². The maximum Gasteiger partial charge on any atom is 0.407 e. The largest absolute Gasteiger partial charge is 0.480 e. The molecule has 3 aliphatic rings. The molecule has 168 valence electrons. The average molecular weight is 437 g/mol. The van der Waals surface area contributed by atoms with Crippen LogP contribution in [-0.4, -0.2) is 55.2 Å². The van der Waals surface area contributed by atoms with Gasteiger partial charge in [-0.3, -0.25) is 0 Å². The highest BCUT2D eigenvalue weighted by Crippen LogP contribution is 2.44. The summed E-state index contributed by atoms with van der Waals surface area (Å²) in [6.07, 6.45) is 1.17. The molecular formula is C25H27NO6. The molecule has 2 aromatic rings. The zero-order valence-electron chi connectivity index (χ0n) is 17.8. The highest BCUT2D eigenvalue weighted by Gasteiger charge is 2.45. The number of ether oxygens (including phenoxy) is 3. The van der Waals surface area contributed by atoms with Gasteiger partial charge in [0.2, 0.25) is 0 Å². The Balaban J connectivity index is 1.25. The fourth-order valence-electron chi connectivity index (χ4n) is 5.36. The van der Waals surface area contributed by atoms with E-state index in [2.05, 4.69) is 17.4 Å². The van der Waals surface area contributed by atoms with Crippen LogP contribution in [0, 0.1) is 5.92 Å². The number of hydrogen-bond acceptors (Lipinski definition) is 5. The molecule has 7 heteroatoms. The number of fused-ring (bicyclic) bond motifs is 3. The van der Waals surface area contributed by atoms with E-state index in [0.717, 1.165) is 28.7 Å². The van der Waals surface area contributed by atoms with Crippen molar-refractivity contribution in [3.63, 3.8) is 0 Å². The fourth-order valence-corrected chi connectivity index (χ4v) is 5.36. The van der Waals surface area contributed by atoms with Gasteiger partial charge in [-0.1, -0.05) is 48.5 Å². The molecule has 2 aromatic carbocycles. The van der Waals surface area contributed by atoms with Crippen molar-refractivity contribution in [2.24, 2.45) is 5.92 Å². The Labute approximate surface area is 186 Å². The number of carboxylic acid groups (broad SMARTS) is 1. The van der Waals surface area contributed by atoms with Crippen LogP contribution in [-0.2, 0) is 19.0 Å². The van der Waals surface area contributed by atoms with E-state index in [4.69, 9.17) is 14.2 Å². The monoisotopic (exact) mass is 437 g/mol.